The number of hydrogen-bond donors (Lipinski definition) is 2. The fraction of sp³-hybridized carbons (Fsp3) is 1.00. The molecule has 0 aromatic carbocycles. The highest BCUT2D eigenvalue weighted by atomic mass is 35.5. The summed E-state index contributed by atoms with van der Waals surface area (Å²) in [5.41, 5.74) is 0. The molecule has 0 bridgehead atoms. The molecule has 2 aliphatic rings. The maximum atomic E-state index is 3.40. The summed E-state index contributed by atoms with van der Waals surface area (Å²) in [6, 6.07) is 0. The molecule has 2 fully saturated rings. The van der Waals surface area contributed by atoms with E-state index < -0.39 is 0 Å². The predicted molar refractivity (Wildman–Crippen MR) is 75.1 cm³/mol. The van der Waals surface area contributed by atoms with Crippen LogP contribution in [0.4, 0.5) is 0 Å². The van der Waals surface area contributed by atoms with Gasteiger partial charge < -0.3 is 20.4 Å². The maximum absolute atomic E-state index is 3.40. The second kappa shape index (κ2) is 9.11. The van der Waals surface area contributed by atoms with Crippen LogP contribution in [0.15, 0.2) is 0 Å². The van der Waals surface area contributed by atoms with Gasteiger partial charge in [0.1, 0.15) is 0 Å². The Kier molecular flexibility index (Phi) is 8.14. The highest BCUT2D eigenvalue weighted by molar-refractivity contribution is 5.85. The van der Waals surface area contributed by atoms with Crippen LogP contribution in [-0.4, -0.2) is 75.2 Å². The standard InChI is InChI=1S/C12H26N4.ClH/c1(7-15-9-3-13-4-10-15)2-8-16-11-5-14-6-12-16;/h13-14H,1-12H2;1H. The first-order chi connectivity index (χ1) is 7.95. The molecule has 2 aliphatic heterocycles. The van der Waals surface area contributed by atoms with Crippen LogP contribution in [0, 0.1) is 0 Å². The van der Waals surface area contributed by atoms with E-state index in [0.29, 0.717) is 0 Å². The van der Waals surface area contributed by atoms with Crippen molar-refractivity contribution in [1.82, 2.24) is 20.4 Å². The Labute approximate surface area is 112 Å². The third-order valence-corrected chi connectivity index (χ3v) is 3.62. The molecule has 0 amide bonds. The minimum Gasteiger partial charge on any atom is -0.314 e. The average Bonchev–Trinajstić information content (AvgIpc) is 2.37. The zero-order chi connectivity index (χ0) is 11.1. The normalized spacial score (nSPS) is 23.3. The van der Waals surface area contributed by atoms with Gasteiger partial charge in [-0.1, -0.05) is 0 Å². The molecule has 0 spiro atoms. The van der Waals surface area contributed by atoms with E-state index in [9.17, 15) is 0 Å². The second-order valence-electron chi connectivity index (χ2n) is 4.89. The van der Waals surface area contributed by atoms with Crippen LogP contribution in [0.3, 0.4) is 0 Å². The fourth-order valence-corrected chi connectivity index (χ4v) is 2.54. The largest absolute Gasteiger partial charge is 0.314 e. The van der Waals surface area contributed by atoms with Gasteiger partial charge in [-0.3, -0.25) is 0 Å². The highest BCUT2D eigenvalue weighted by Gasteiger charge is 2.10. The monoisotopic (exact) mass is 262 g/mol. The third kappa shape index (κ3) is 6.02. The Morgan fingerprint density at radius 3 is 1.35 bits per heavy atom. The lowest BCUT2D eigenvalue weighted by atomic mass is 10.2. The molecule has 0 unspecified atom stereocenters. The summed E-state index contributed by atoms with van der Waals surface area (Å²) in [7, 11) is 0. The Morgan fingerprint density at radius 1 is 0.647 bits per heavy atom. The molecule has 0 aromatic heterocycles. The first-order valence-corrected chi connectivity index (χ1v) is 6.81. The van der Waals surface area contributed by atoms with E-state index in [1.165, 1.54) is 78.3 Å². The summed E-state index contributed by atoms with van der Waals surface area (Å²) >= 11 is 0. The van der Waals surface area contributed by atoms with Crippen molar-refractivity contribution < 1.29 is 0 Å². The number of rotatable bonds is 5. The van der Waals surface area contributed by atoms with E-state index in [2.05, 4.69) is 20.4 Å². The number of halogens is 1. The molecule has 17 heavy (non-hydrogen) atoms. The Hall–Kier alpha value is 0.130. The van der Waals surface area contributed by atoms with Crippen molar-refractivity contribution in [2.45, 2.75) is 12.8 Å². The summed E-state index contributed by atoms with van der Waals surface area (Å²) in [5, 5.41) is 6.80. The van der Waals surface area contributed by atoms with Crippen molar-refractivity contribution in [3.63, 3.8) is 0 Å². The summed E-state index contributed by atoms with van der Waals surface area (Å²) in [4.78, 5) is 5.18. The van der Waals surface area contributed by atoms with Gasteiger partial charge in [0, 0.05) is 52.4 Å². The summed E-state index contributed by atoms with van der Waals surface area (Å²) in [6.45, 7) is 12.3. The molecule has 0 aliphatic carbocycles. The van der Waals surface area contributed by atoms with Gasteiger partial charge in [-0.2, -0.15) is 0 Å². The van der Waals surface area contributed by atoms with Gasteiger partial charge in [-0.15, -0.1) is 12.4 Å². The van der Waals surface area contributed by atoms with Crippen LogP contribution in [0.25, 0.3) is 0 Å². The van der Waals surface area contributed by atoms with Gasteiger partial charge in [-0.25, -0.2) is 0 Å². The molecular formula is C12H27ClN4. The quantitative estimate of drug-likeness (QED) is 0.683. The van der Waals surface area contributed by atoms with E-state index in [0.717, 1.165) is 0 Å². The Morgan fingerprint density at radius 2 is 1.00 bits per heavy atom. The molecule has 0 atom stereocenters. The molecule has 0 radical (unpaired) electrons. The van der Waals surface area contributed by atoms with Gasteiger partial charge in [0.25, 0.3) is 0 Å². The smallest absolute Gasteiger partial charge is 0.0107 e. The molecule has 0 aromatic rings. The molecule has 102 valence electrons. The number of piperazine rings is 2. The highest BCUT2D eigenvalue weighted by Crippen LogP contribution is 2.00. The molecule has 4 nitrogen and oxygen atoms in total. The van der Waals surface area contributed by atoms with Crippen molar-refractivity contribution in [3.8, 4) is 0 Å². The predicted octanol–water partition coefficient (Wildman–Crippen LogP) is -0.00120. The third-order valence-electron chi connectivity index (χ3n) is 3.62. The zero-order valence-electron chi connectivity index (χ0n) is 10.8. The van der Waals surface area contributed by atoms with Crippen molar-refractivity contribution in [3.05, 3.63) is 0 Å². The van der Waals surface area contributed by atoms with Crippen LogP contribution in [0.2, 0.25) is 0 Å². The number of nitrogens with zero attached hydrogens (tertiary/aromatic N) is 2. The molecule has 0 saturated carbocycles. The zero-order valence-corrected chi connectivity index (χ0v) is 11.6. The van der Waals surface area contributed by atoms with Gasteiger partial charge in [-0.05, 0) is 25.9 Å². The average molecular weight is 263 g/mol. The minimum absolute atomic E-state index is 0. The lowest BCUT2D eigenvalue weighted by Crippen LogP contribution is -2.45. The van der Waals surface area contributed by atoms with Crippen LogP contribution in [0.5, 0.6) is 0 Å². The molecule has 2 heterocycles. The molecule has 2 saturated heterocycles. The van der Waals surface area contributed by atoms with Crippen LogP contribution in [-0.2, 0) is 0 Å². The summed E-state index contributed by atoms with van der Waals surface area (Å²) < 4.78 is 0. The van der Waals surface area contributed by atoms with Crippen molar-refractivity contribution >= 4 is 12.4 Å². The van der Waals surface area contributed by atoms with E-state index >= 15 is 0 Å². The minimum atomic E-state index is 0. The number of nitrogens with one attached hydrogen (secondary N) is 2. The second-order valence-corrected chi connectivity index (χ2v) is 4.89. The van der Waals surface area contributed by atoms with Gasteiger partial charge in [0.2, 0.25) is 0 Å². The molecule has 2 rings (SSSR count). The number of unbranched alkanes of at least 4 members (excludes halogenated alkanes) is 1. The molecule has 2 N–H and O–H groups in total. The maximum Gasteiger partial charge on any atom is 0.0107 e. The van der Waals surface area contributed by atoms with E-state index in [1.54, 1.807) is 0 Å². The van der Waals surface area contributed by atoms with Crippen LogP contribution in [0.1, 0.15) is 12.8 Å². The van der Waals surface area contributed by atoms with Crippen molar-refractivity contribution in [1.29, 1.82) is 0 Å². The molecule has 5 heteroatoms. The summed E-state index contributed by atoms with van der Waals surface area (Å²) in [5.74, 6) is 0. The van der Waals surface area contributed by atoms with Crippen molar-refractivity contribution in [2.24, 2.45) is 0 Å². The van der Waals surface area contributed by atoms with E-state index in [-0.39, 0.29) is 12.4 Å². The van der Waals surface area contributed by atoms with Crippen molar-refractivity contribution in [2.75, 3.05) is 65.4 Å². The van der Waals surface area contributed by atoms with Gasteiger partial charge >= 0.3 is 0 Å². The molecular weight excluding hydrogens is 236 g/mol. The van der Waals surface area contributed by atoms with Gasteiger partial charge in [0.15, 0.2) is 0 Å². The topological polar surface area (TPSA) is 30.5 Å². The first-order valence-electron chi connectivity index (χ1n) is 6.81. The van der Waals surface area contributed by atoms with Crippen LogP contribution >= 0.6 is 12.4 Å². The lowest BCUT2D eigenvalue weighted by molar-refractivity contribution is 0.213. The van der Waals surface area contributed by atoms with E-state index in [1.807, 2.05) is 0 Å². The Balaban J connectivity index is 0.00000144. The van der Waals surface area contributed by atoms with E-state index in [4.69, 9.17) is 0 Å². The first kappa shape index (κ1) is 15.2. The lowest BCUT2D eigenvalue weighted by Gasteiger charge is -2.29. The number of hydrogen-bond acceptors (Lipinski definition) is 4. The van der Waals surface area contributed by atoms with Gasteiger partial charge in [0.05, 0.1) is 0 Å². The summed E-state index contributed by atoms with van der Waals surface area (Å²) in [6.07, 6.45) is 2.73. The van der Waals surface area contributed by atoms with Crippen LogP contribution < -0.4 is 10.6 Å². The SMILES string of the molecule is C(CCN1CCNCC1)CN1CCNCC1.Cl. The fourth-order valence-electron chi connectivity index (χ4n) is 2.54. The Bertz CT molecular complexity index is 159.